The van der Waals surface area contributed by atoms with Crippen LogP contribution in [0.15, 0.2) is 4.47 Å². The fourth-order valence-electron chi connectivity index (χ4n) is 1.86. The van der Waals surface area contributed by atoms with Crippen molar-refractivity contribution in [2.45, 2.75) is 39.2 Å². The minimum Gasteiger partial charge on any atom is -0.392 e. The largest absolute Gasteiger partial charge is 0.392 e. The standard InChI is InChI=1S/C11H17BrN2O/c1-7-10(12)8(14(3)13-7)6-9(15)11(2)4-5-11/h9,15H,4-6H2,1-3H3. The van der Waals surface area contributed by atoms with Gasteiger partial charge in [-0.2, -0.15) is 5.10 Å². The fourth-order valence-corrected chi connectivity index (χ4v) is 2.36. The lowest BCUT2D eigenvalue weighted by Crippen LogP contribution is -2.23. The van der Waals surface area contributed by atoms with Crippen LogP contribution < -0.4 is 0 Å². The Morgan fingerprint density at radius 3 is 2.60 bits per heavy atom. The van der Waals surface area contributed by atoms with Crippen molar-refractivity contribution in [1.82, 2.24) is 9.78 Å². The van der Waals surface area contributed by atoms with Crippen molar-refractivity contribution in [2.75, 3.05) is 0 Å². The van der Waals surface area contributed by atoms with Gasteiger partial charge < -0.3 is 5.11 Å². The van der Waals surface area contributed by atoms with Crippen LogP contribution in [0.5, 0.6) is 0 Å². The van der Waals surface area contributed by atoms with Crippen molar-refractivity contribution >= 4 is 15.9 Å². The van der Waals surface area contributed by atoms with Crippen LogP contribution in [0.2, 0.25) is 0 Å². The zero-order valence-electron chi connectivity index (χ0n) is 9.42. The summed E-state index contributed by atoms with van der Waals surface area (Å²) in [7, 11) is 1.93. The second-order valence-corrected chi connectivity index (χ2v) is 5.64. The molecule has 0 spiro atoms. The van der Waals surface area contributed by atoms with Crippen LogP contribution in [-0.2, 0) is 13.5 Å². The molecule has 2 rings (SSSR count). The summed E-state index contributed by atoms with van der Waals surface area (Å²) in [6.07, 6.45) is 2.73. The van der Waals surface area contributed by atoms with Crippen molar-refractivity contribution in [3.63, 3.8) is 0 Å². The maximum absolute atomic E-state index is 10.1. The Morgan fingerprint density at radius 2 is 2.20 bits per heavy atom. The molecule has 4 heteroatoms. The summed E-state index contributed by atoms with van der Waals surface area (Å²) >= 11 is 3.52. The molecule has 0 aromatic carbocycles. The highest BCUT2D eigenvalue weighted by Gasteiger charge is 2.44. The highest BCUT2D eigenvalue weighted by atomic mass is 79.9. The third kappa shape index (κ3) is 1.97. The van der Waals surface area contributed by atoms with E-state index in [1.54, 1.807) is 0 Å². The number of aliphatic hydroxyl groups excluding tert-OH is 1. The Hall–Kier alpha value is -0.350. The molecule has 0 aliphatic heterocycles. The second-order valence-electron chi connectivity index (χ2n) is 4.84. The number of aryl methyl sites for hydroxylation is 2. The van der Waals surface area contributed by atoms with Gasteiger partial charge in [0.2, 0.25) is 0 Å². The molecule has 1 atom stereocenters. The van der Waals surface area contributed by atoms with Gasteiger partial charge >= 0.3 is 0 Å². The van der Waals surface area contributed by atoms with E-state index in [9.17, 15) is 5.11 Å². The number of hydrogen-bond acceptors (Lipinski definition) is 2. The molecule has 15 heavy (non-hydrogen) atoms. The maximum atomic E-state index is 10.1. The number of aliphatic hydroxyl groups is 1. The van der Waals surface area contributed by atoms with E-state index >= 15 is 0 Å². The Balaban J connectivity index is 2.16. The molecule has 1 unspecified atom stereocenters. The SMILES string of the molecule is Cc1nn(C)c(CC(O)C2(C)CC2)c1Br. The van der Waals surface area contributed by atoms with Crippen molar-refractivity contribution < 1.29 is 5.11 Å². The first kappa shape index (κ1) is 11.1. The van der Waals surface area contributed by atoms with E-state index in [-0.39, 0.29) is 11.5 Å². The van der Waals surface area contributed by atoms with Gasteiger partial charge in [-0.15, -0.1) is 0 Å². The molecule has 0 radical (unpaired) electrons. The highest BCUT2D eigenvalue weighted by molar-refractivity contribution is 9.10. The second kappa shape index (κ2) is 3.59. The van der Waals surface area contributed by atoms with Crippen LogP contribution >= 0.6 is 15.9 Å². The maximum Gasteiger partial charge on any atom is 0.0738 e. The lowest BCUT2D eigenvalue weighted by Gasteiger charge is -2.17. The molecular weight excluding hydrogens is 256 g/mol. The third-order valence-corrected chi connectivity index (χ3v) is 4.52. The summed E-state index contributed by atoms with van der Waals surface area (Å²) in [6, 6.07) is 0. The van der Waals surface area contributed by atoms with E-state index in [1.165, 1.54) is 0 Å². The monoisotopic (exact) mass is 272 g/mol. The van der Waals surface area contributed by atoms with Crippen LogP contribution in [0.1, 0.15) is 31.2 Å². The van der Waals surface area contributed by atoms with E-state index < -0.39 is 0 Å². The Kier molecular flexibility index (Phi) is 2.67. The van der Waals surface area contributed by atoms with E-state index in [2.05, 4.69) is 28.0 Å². The molecule has 3 nitrogen and oxygen atoms in total. The lowest BCUT2D eigenvalue weighted by atomic mass is 9.97. The number of halogens is 1. The molecular formula is C11H17BrN2O. The van der Waals surface area contributed by atoms with Crippen molar-refractivity contribution in [2.24, 2.45) is 12.5 Å². The van der Waals surface area contributed by atoms with Gasteiger partial charge in [-0.1, -0.05) is 6.92 Å². The normalized spacial score (nSPS) is 20.3. The van der Waals surface area contributed by atoms with Crippen molar-refractivity contribution in [1.29, 1.82) is 0 Å². The fraction of sp³-hybridized carbons (Fsp3) is 0.727. The number of hydrogen-bond donors (Lipinski definition) is 1. The average Bonchev–Trinajstić information content (AvgIpc) is 2.87. The van der Waals surface area contributed by atoms with Gasteiger partial charge in [0.05, 0.1) is 22.0 Å². The third-order valence-electron chi connectivity index (χ3n) is 3.49. The lowest BCUT2D eigenvalue weighted by molar-refractivity contribution is 0.101. The Bertz CT molecular complexity index is 382. The van der Waals surface area contributed by atoms with E-state index in [0.717, 1.165) is 28.7 Å². The van der Waals surface area contributed by atoms with Gasteiger partial charge in [0, 0.05) is 13.5 Å². The van der Waals surface area contributed by atoms with Gasteiger partial charge in [-0.3, -0.25) is 4.68 Å². The van der Waals surface area contributed by atoms with Gasteiger partial charge in [-0.25, -0.2) is 0 Å². The van der Waals surface area contributed by atoms with Crippen LogP contribution in [0.3, 0.4) is 0 Å². The van der Waals surface area contributed by atoms with Crippen molar-refractivity contribution in [3.05, 3.63) is 15.9 Å². The summed E-state index contributed by atoms with van der Waals surface area (Å²) in [6.45, 7) is 4.12. The topological polar surface area (TPSA) is 38.0 Å². The Labute approximate surface area is 98.6 Å². The predicted molar refractivity (Wildman–Crippen MR) is 62.7 cm³/mol. The zero-order chi connectivity index (χ0) is 11.2. The molecule has 1 N–H and O–H groups in total. The molecule has 1 fully saturated rings. The number of nitrogens with zero attached hydrogens (tertiary/aromatic N) is 2. The number of aromatic nitrogens is 2. The molecule has 1 saturated carbocycles. The first-order chi connectivity index (χ1) is 6.94. The minimum absolute atomic E-state index is 0.150. The smallest absolute Gasteiger partial charge is 0.0738 e. The highest BCUT2D eigenvalue weighted by Crippen LogP contribution is 2.49. The first-order valence-electron chi connectivity index (χ1n) is 5.30. The first-order valence-corrected chi connectivity index (χ1v) is 6.09. The molecule has 0 saturated heterocycles. The van der Waals surface area contributed by atoms with Crippen LogP contribution in [0.4, 0.5) is 0 Å². The quantitative estimate of drug-likeness (QED) is 0.916. The molecule has 0 amide bonds. The summed E-state index contributed by atoms with van der Waals surface area (Å²) in [5.74, 6) is 0. The van der Waals surface area contributed by atoms with Crippen LogP contribution in [0.25, 0.3) is 0 Å². The van der Waals surface area contributed by atoms with E-state index in [1.807, 2.05) is 18.7 Å². The van der Waals surface area contributed by atoms with Gasteiger partial charge in [0.15, 0.2) is 0 Å². The summed E-state index contributed by atoms with van der Waals surface area (Å²) < 4.78 is 2.89. The van der Waals surface area contributed by atoms with Gasteiger partial charge in [0.25, 0.3) is 0 Å². The number of rotatable bonds is 3. The minimum atomic E-state index is -0.247. The van der Waals surface area contributed by atoms with Crippen LogP contribution in [0, 0.1) is 12.3 Å². The summed E-state index contributed by atoms with van der Waals surface area (Å²) in [5.41, 5.74) is 2.23. The van der Waals surface area contributed by atoms with E-state index in [0.29, 0.717) is 6.42 Å². The molecule has 1 aliphatic rings. The molecule has 1 heterocycles. The summed E-state index contributed by atoms with van der Waals surface area (Å²) in [4.78, 5) is 0. The van der Waals surface area contributed by atoms with E-state index in [4.69, 9.17) is 0 Å². The molecule has 1 aromatic rings. The van der Waals surface area contributed by atoms with Gasteiger partial charge in [0.1, 0.15) is 0 Å². The summed E-state index contributed by atoms with van der Waals surface area (Å²) in [5, 5.41) is 14.4. The average molecular weight is 273 g/mol. The van der Waals surface area contributed by atoms with Crippen molar-refractivity contribution in [3.8, 4) is 0 Å². The zero-order valence-corrected chi connectivity index (χ0v) is 11.0. The Morgan fingerprint density at radius 1 is 1.60 bits per heavy atom. The van der Waals surface area contributed by atoms with Gasteiger partial charge in [-0.05, 0) is 41.1 Å². The van der Waals surface area contributed by atoms with Crippen LogP contribution in [-0.4, -0.2) is 21.0 Å². The molecule has 1 aliphatic carbocycles. The molecule has 84 valence electrons. The molecule has 1 aromatic heterocycles. The molecule has 0 bridgehead atoms. The predicted octanol–water partition coefficient (Wildman–Crippen LogP) is 2.19.